The highest BCUT2D eigenvalue weighted by atomic mass is 35.5. The van der Waals surface area contributed by atoms with Crippen molar-refractivity contribution in [2.24, 2.45) is 5.92 Å². The minimum atomic E-state index is -4.40. The molecule has 1 N–H and O–H groups in total. The van der Waals surface area contributed by atoms with E-state index >= 15 is 0 Å². The van der Waals surface area contributed by atoms with Gasteiger partial charge >= 0.3 is 6.18 Å². The van der Waals surface area contributed by atoms with E-state index in [0.717, 1.165) is 24.5 Å². The molecule has 0 saturated heterocycles. The van der Waals surface area contributed by atoms with Crippen LogP contribution in [0.3, 0.4) is 0 Å². The van der Waals surface area contributed by atoms with E-state index in [2.05, 4.69) is 36.5 Å². The Balaban J connectivity index is 1.83. The van der Waals surface area contributed by atoms with E-state index in [1.807, 2.05) is 12.2 Å². The third-order valence-electron chi connectivity index (χ3n) is 5.52. The van der Waals surface area contributed by atoms with E-state index < -0.39 is 11.7 Å². The number of rotatable bonds is 2. The Morgan fingerprint density at radius 3 is 2.50 bits per heavy atom. The van der Waals surface area contributed by atoms with Crippen LogP contribution in [-0.2, 0) is 12.6 Å². The highest BCUT2D eigenvalue weighted by molar-refractivity contribution is 6.33. The summed E-state index contributed by atoms with van der Waals surface area (Å²) >= 11 is 6.30. The molecular weight excluding hydrogens is 359 g/mol. The number of halogens is 4. The van der Waals surface area contributed by atoms with Gasteiger partial charge < -0.3 is 5.32 Å². The average Bonchev–Trinajstić information content (AvgIpc) is 3.10. The van der Waals surface area contributed by atoms with Crippen LogP contribution < -0.4 is 5.32 Å². The first kappa shape index (κ1) is 17.5. The molecule has 5 heteroatoms. The van der Waals surface area contributed by atoms with Gasteiger partial charge in [-0.05, 0) is 47.6 Å². The normalized spacial score (nSPS) is 24.1. The van der Waals surface area contributed by atoms with Crippen molar-refractivity contribution in [2.75, 3.05) is 5.32 Å². The SMILES string of the molecule is CCc1ccc([C@@H]2Nc3c(Cl)ccc(C(F)(F)F)c3[C@H]3C=CC[C@H]32)cc1. The first-order valence-electron chi connectivity index (χ1n) is 8.81. The minimum Gasteiger partial charge on any atom is -0.376 e. The predicted octanol–water partition coefficient (Wildman–Crippen LogP) is 6.75. The molecule has 4 rings (SSSR count). The molecule has 0 unspecified atom stereocenters. The van der Waals surface area contributed by atoms with Gasteiger partial charge in [0.05, 0.1) is 22.3 Å². The molecule has 1 aliphatic heterocycles. The number of aryl methyl sites for hydroxylation is 1. The van der Waals surface area contributed by atoms with E-state index in [4.69, 9.17) is 11.6 Å². The number of benzene rings is 2. The van der Waals surface area contributed by atoms with E-state index in [9.17, 15) is 13.2 Å². The summed E-state index contributed by atoms with van der Waals surface area (Å²) in [5, 5.41) is 3.67. The zero-order valence-electron chi connectivity index (χ0n) is 14.3. The number of allylic oxidation sites excluding steroid dienone is 2. The maximum atomic E-state index is 13.6. The molecule has 26 heavy (non-hydrogen) atoms. The van der Waals surface area contributed by atoms with Crippen molar-refractivity contribution in [3.63, 3.8) is 0 Å². The van der Waals surface area contributed by atoms with Gasteiger partial charge in [-0.15, -0.1) is 0 Å². The van der Waals surface area contributed by atoms with Crippen LogP contribution >= 0.6 is 11.6 Å². The average molecular weight is 378 g/mol. The van der Waals surface area contributed by atoms with Crippen LogP contribution in [0.1, 0.15) is 47.6 Å². The second-order valence-corrected chi connectivity index (χ2v) is 7.36. The molecule has 1 heterocycles. The van der Waals surface area contributed by atoms with Gasteiger partial charge in [0.1, 0.15) is 0 Å². The summed E-state index contributed by atoms with van der Waals surface area (Å²) in [7, 11) is 0. The van der Waals surface area contributed by atoms with Crippen molar-refractivity contribution < 1.29 is 13.2 Å². The predicted molar refractivity (Wildman–Crippen MR) is 98.6 cm³/mol. The summed E-state index contributed by atoms with van der Waals surface area (Å²) in [6, 6.07) is 10.7. The Hall–Kier alpha value is -1.94. The van der Waals surface area contributed by atoms with Crippen LogP contribution in [0.4, 0.5) is 18.9 Å². The Morgan fingerprint density at radius 1 is 1.12 bits per heavy atom. The van der Waals surface area contributed by atoms with Crippen LogP contribution in [0.5, 0.6) is 0 Å². The molecule has 1 aliphatic carbocycles. The fourth-order valence-electron chi connectivity index (χ4n) is 4.21. The van der Waals surface area contributed by atoms with Gasteiger partial charge in [-0.1, -0.05) is 54.9 Å². The topological polar surface area (TPSA) is 12.0 Å². The third-order valence-corrected chi connectivity index (χ3v) is 5.84. The molecule has 0 fully saturated rings. The van der Waals surface area contributed by atoms with Crippen LogP contribution in [0.2, 0.25) is 5.02 Å². The lowest BCUT2D eigenvalue weighted by molar-refractivity contribution is -0.138. The van der Waals surface area contributed by atoms with Crippen LogP contribution in [0.25, 0.3) is 0 Å². The highest BCUT2D eigenvalue weighted by Gasteiger charge is 2.44. The van der Waals surface area contributed by atoms with Gasteiger partial charge in [0.25, 0.3) is 0 Å². The fraction of sp³-hybridized carbons (Fsp3) is 0.333. The molecule has 0 radical (unpaired) electrons. The van der Waals surface area contributed by atoms with E-state index in [0.29, 0.717) is 10.7 Å². The van der Waals surface area contributed by atoms with Gasteiger partial charge in [-0.2, -0.15) is 13.2 Å². The summed E-state index contributed by atoms with van der Waals surface area (Å²) in [5.74, 6) is -0.230. The zero-order chi connectivity index (χ0) is 18.5. The lowest BCUT2D eigenvalue weighted by atomic mass is 9.75. The van der Waals surface area contributed by atoms with Crippen LogP contribution in [0, 0.1) is 5.92 Å². The first-order chi connectivity index (χ1) is 12.4. The van der Waals surface area contributed by atoms with Crippen molar-refractivity contribution >= 4 is 17.3 Å². The van der Waals surface area contributed by atoms with Gasteiger partial charge in [-0.25, -0.2) is 0 Å². The molecule has 0 aromatic heterocycles. The molecule has 136 valence electrons. The summed E-state index contributed by atoms with van der Waals surface area (Å²) in [4.78, 5) is 0. The summed E-state index contributed by atoms with van der Waals surface area (Å²) in [5.41, 5.74) is 2.43. The van der Waals surface area contributed by atoms with E-state index in [1.165, 1.54) is 11.6 Å². The zero-order valence-corrected chi connectivity index (χ0v) is 15.0. The van der Waals surface area contributed by atoms with E-state index in [1.54, 1.807) is 0 Å². The number of hydrogen-bond acceptors (Lipinski definition) is 1. The molecule has 0 bridgehead atoms. The number of nitrogens with one attached hydrogen (secondary N) is 1. The lowest BCUT2D eigenvalue weighted by Crippen LogP contribution is -2.31. The summed E-state index contributed by atoms with van der Waals surface area (Å²) < 4.78 is 40.7. The smallest absolute Gasteiger partial charge is 0.376 e. The van der Waals surface area contributed by atoms with Gasteiger partial charge in [0, 0.05) is 5.92 Å². The largest absolute Gasteiger partial charge is 0.416 e. The van der Waals surface area contributed by atoms with E-state index in [-0.39, 0.29) is 23.4 Å². The fourth-order valence-corrected chi connectivity index (χ4v) is 4.43. The highest BCUT2D eigenvalue weighted by Crippen LogP contribution is 2.54. The van der Waals surface area contributed by atoms with Gasteiger partial charge in [0.2, 0.25) is 0 Å². The van der Waals surface area contributed by atoms with Gasteiger partial charge in [-0.3, -0.25) is 0 Å². The number of fused-ring (bicyclic) bond motifs is 3. The number of hydrogen-bond donors (Lipinski definition) is 1. The van der Waals surface area contributed by atoms with Crippen molar-refractivity contribution in [2.45, 2.75) is 37.9 Å². The molecular formula is C21H19ClF3N. The second-order valence-electron chi connectivity index (χ2n) is 6.95. The Labute approximate surface area is 155 Å². The van der Waals surface area contributed by atoms with Crippen LogP contribution in [0.15, 0.2) is 48.6 Å². The molecule has 3 atom stereocenters. The quantitative estimate of drug-likeness (QED) is 0.571. The Bertz CT molecular complexity index is 855. The maximum Gasteiger partial charge on any atom is 0.416 e. The van der Waals surface area contributed by atoms with Crippen molar-refractivity contribution in [3.8, 4) is 0 Å². The lowest BCUT2D eigenvalue weighted by Gasteiger charge is -2.39. The molecule has 2 aliphatic rings. The molecule has 0 saturated carbocycles. The Morgan fingerprint density at radius 2 is 1.85 bits per heavy atom. The van der Waals surface area contributed by atoms with Crippen molar-refractivity contribution in [3.05, 3.63) is 75.8 Å². The first-order valence-corrected chi connectivity index (χ1v) is 9.19. The minimum absolute atomic E-state index is 0.0505. The molecule has 2 aromatic carbocycles. The second kappa shape index (κ2) is 6.34. The monoisotopic (exact) mass is 377 g/mol. The van der Waals surface area contributed by atoms with Gasteiger partial charge in [0.15, 0.2) is 0 Å². The molecule has 0 amide bonds. The summed E-state index contributed by atoms with van der Waals surface area (Å²) in [6.45, 7) is 2.10. The summed E-state index contributed by atoms with van der Waals surface area (Å²) in [6.07, 6.45) is 1.20. The van der Waals surface area contributed by atoms with Crippen molar-refractivity contribution in [1.29, 1.82) is 0 Å². The van der Waals surface area contributed by atoms with Crippen molar-refractivity contribution in [1.82, 2.24) is 0 Å². The molecule has 0 spiro atoms. The molecule has 1 nitrogen and oxygen atoms in total. The Kier molecular flexibility index (Phi) is 4.26. The number of anilines is 1. The third kappa shape index (κ3) is 2.81. The maximum absolute atomic E-state index is 13.6. The standard InChI is InChI=1S/C21H19ClF3N/c1-2-12-6-8-13(9-7-12)19-15-5-3-4-14(15)18-16(21(23,24)25)10-11-17(22)20(18)26-19/h3-4,6-11,14-15,19,26H,2,5H2,1H3/t14-,15+,19-/m0/s1. The molecule has 2 aromatic rings. The van der Waals surface area contributed by atoms with Crippen LogP contribution in [-0.4, -0.2) is 0 Å². The number of alkyl halides is 3.